The number of hydrogen-bond donors (Lipinski definition) is 1. The molecule has 1 saturated heterocycles. The Kier molecular flexibility index (Phi) is 6.87. The molecule has 0 spiro atoms. The summed E-state index contributed by atoms with van der Waals surface area (Å²) < 4.78 is 11.3. The summed E-state index contributed by atoms with van der Waals surface area (Å²) in [5.41, 5.74) is 1.97. The molecule has 2 aliphatic heterocycles. The van der Waals surface area contributed by atoms with Crippen molar-refractivity contribution in [1.82, 2.24) is 15.2 Å². The Balaban J connectivity index is 1.45. The number of nitrogens with zero attached hydrogens (tertiary/aromatic N) is 2. The zero-order valence-electron chi connectivity index (χ0n) is 19.7. The maximum absolute atomic E-state index is 13.9. The van der Waals surface area contributed by atoms with Crippen LogP contribution in [0.15, 0.2) is 12.3 Å². The minimum Gasteiger partial charge on any atom is -0.489 e. The van der Waals surface area contributed by atoms with Crippen LogP contribution in [0.4, 0.5) is 0 Å². The van der Waals surface area contributed by atoms with Crippen LogP contribution in [0, 0.1) is 11.3 Å². The topological polar surface area (TPSA) is 63.7 Å². The van der Waals surface area contributed by atoms with E-state index in [1.165, 1.54) is 0 Å². The molecule has 1 aromatic rings. The fourth-order valence-corrected chi connectivity index (χ4v) is 5.61. The van der Waals surface area contributed by atoms with Gasteiger partial charge in [-0.2, -0.15) is 0 Å². The summed E-state index contributed by atoms with van der Waals surface area (Å²) in [6.07, 6.45) is 7.91. The SMILES string of the molecule is CC(C)Oc1cnc2c(c1)CN(C(=O)[C@@]1(C(C)C)CC[C@@H](NC3CCOCC3)C1)CC2. The van der Waals surface area contributed by atoms with Crippen LogP contribution in [0.5, 0.6) is 5.75 Å². The van der Waals surface area contributed by atoms with Crippen molar-refractivity contribution in [1.29, 1.82) is 0 Å². The number of aromatic nitrogens is 1. The Morgan fingerprint density at radius 2 is 2.00 bits per heavy atom. The number of carbonyl (C=O) groups is 1. The zero-order valence-corrected chi connectivity index (χ0v) is 19.7. The molecule has 0 aromatic carbocycles. The number of pyridine rings is 1. The van der Waals surface area contributed by atoms with Gasteiger partial charge in [-0.15, -0.1) is 0 Å². The van der Waals surface area contributed by atoms with Crippen LogP contribution in [0.2, 0.25) is 0 Å². The van der Waals surface area contributed by atoms with Crippen molar-refractivity contribution in [2.75, 3.05) is 19.8 Å². The van der Waals surface area contributed by atoms with Crippen molar-refractivity contribution in [3.8, 4) is 5.75 Å². The summed E-state index contributed by atoms with van der Waals surface area (Å²) in [7, 11) is 0. The van der Waals surface area contributed by atoms with Crippen LogP contribution in [-0.4, -0.2) is 53.7 Å². The van der Waals surface area contributed by atoms with Crippen LogP contribution >= 0.6 is 0 Å². The second-order valence-corrected chi connectivity index (χ2v) is 10.2. The van der Waals surface area contributed by atoms with Crippen molar-refractivity contribution >= 4 is 5.91 Å². The molecule has 1 saturated carbocycles. The maximum Gasteiger partial charge on any atom is 0.229 e. The largest absolute Gasteiger partial charge is 0.489 e. The third-order valence-corrected chi connectivity index (χ3v) is 7.45. The molecule has 1 aromatic heterocycles. The molecule has 2 atom stereocenters. The van der Waals surface area contributed by atoms with E-state index >= 15 is 0 Å². The molecule has 1 N–H and O–H groups in total. The number of hydrogen-bond acceptors (Lipinski definition) is 5. The molecular formula is C25H39N3O3. The van der Waals surface area contributed by atoms with E-state index in [1.54, 1.807) is 0 Å². The molecule has 172 valence electrons. The summed E-state index contributed by atoms with van der Waals surface area (Å²) in [6, 6.07) is 3.04. The first-order chi connectivity index (χ1) is 14.9. The highest BCUT2D eigenvalue weighted by atomic mass is 16.5. The monoisotopic (exact) mass is 429 g/mol. The maximum atomic E-state index is 13.9. The Morgan fingerprint density at radius 3 is 2.71 bits per heavy atom. The number of rotatable bonds is 6. The molecule has 4 rings (SSSR count). The second-order valence-electron chi connectivity index (χ2n) is 10.2. The Morgan fingerprint density at radius 1 is 1.23 bits per heavy atom. The van der Waals surface area contributed by atoms with Gasteiger partial charge in [-0.25, -0.2) is 0 Å². The smallest absolute Gasteiger partial charge is 0.229 e. The summed E-state index contributed by atoms with van der Waals surface area (Å²) >= 11 is 0. The van der Waals surface area contributed by atoms with E-state index in [0.717, 1.165) is 75.3 Å². The minimum absolute atomic E-state index is 0.115. The lowest BCUT2D eigenvalue weighted by Crippen LogP contribution is -2.49. The second kappa shape index (κ2) is 9.45. The molecule has 6 heteroatoms. The van der Waals surface area contributed by atoms with Crippen LogP contribution in [0.1, 0.15) is 71.1 Å². The summed E-state index contributed by atoms with van der Waals surface area (Å²) in [5, 5.41) is 3.85. The first kappa shape index (κ1) is 22.5. The lowest BCUT2D eigenvalue weighted by molar-refractivity contribution is -0.146. The van der Waals surface area contributed by atoms with Crippen LogP contribution in [-0.2, 0) is 22.5 Å². The first-order valence-electron chi connectivity index (χ1n) is 12.1. The molecule has 0 bridgehead atoms. The number of ether oxygens (including phenoxy) is 2. The third kappa shape index (κ3) is 4.90. The highest BCUT2D eigenvalue weighted by Crippen LogP contribution is 2.46. The van der Waals surface area contributed by atoms with Gasteiger partial charge in [0.05, 0.1) is 17.7 Å². The highest BCUT2D eigenvalue weighted by molar-refractivity contribution is 5.83. The van der Waals surface area contributed by atoms with Gasteiger partial charge in [0.2, 0.25) is 5.91 Å². The van der Waals surface area contributed by atoms with Gasteiger partial charge in [-0.3, -0.25) is 9.78 Å². The van der Waals surface area contributed by atoms with Crippen LogP contribution < -0.4 is 10.1 Å². The lowest BCUT2D eigenvalue weighted by Gasteiger charge is -2.39. The van der Waals surface area contributed by atoms with Gasteiger partial charge >= 0.3 is 0 Å². The summed E-state index contributed by atoms with van der Waals surface area (Å²) in [5.74, 6) is 1.46. The molecule has 0 radical (unpaired) electrons. The first-order valence-corrected chi connectivity index (χ1v) is 12.1. The molecule has 31 heavy (non-hydrogen) atoms. The van der Waals surface area contributed by atoms with E-state index in [1.807, 2.05) is 20.0 Å². The fourth-order valence-electron chi connectivity index (χ4n) is 5.61. The summed E-state index contributed by atoms with van der Waals surface area (Å²) in [6.45, 7) is 11.6. The van der Waals surface area contributed by atoms with Gasteiger partial charge in [0, 0.05) is 50.5 Å². The average Bonchev–Trinajstić information content (AvgIpc) is 3.18. The van der Waals surface area contributed by atoms with Gasteiger partial charge in [0.15, 0.2) is 0 Å². The number of nitrogens with one attached hydrogen (secondary N) is 1. The van der Waals surface area contributed by atoms with Crippen LogP contribution in [0.25, 0.3) is 0 Å². The normalized spacial score (nSPS) is 27.0. The molecule has 3 heterocycles. The number of fused-ring (bicyclic) bond motifs is 1. The van der Waals surface area contributed by atoms with Crippen molar-refractivity contribution in [3.05, 3.63) is 23.5 Å². The van der Waals surface area contributed by atoms with Crippen molar-refractivity contribution in [2.24, 2.45) is 11.3 Å². The molecule has 1 amide bonds. The predicted octanol–water partition coefficient (Wildman–Crippen LogP) is 3.72. The molecule has 1 aliphatic carbocycles. The fraction of sp³-hybridized carbons (Fsp3) is 0.760. The molecular weight excluding hydrogens is 390 g/mol. The molecule has 6 nitrogen and oxygen atoms in total. The van der Waals surface area contributed by atoms with E-state index in [0.29, 0.717) is 30.5 Å². The molecule has 2 fully saturated rings. The molecule has 0 unspecified atom stereocenters. The van der Waals surface area contributed by atoms with Crippen molar-refractivity contribution in [2.45, 2.75) is 91.0 Å². The van der Waals surface area contributed by atoms with E-state index in [4.69, 9.17) is 9.47 Å². The Hall–Kier alpha value is -1.66. The van der Waals surface area contributed by atoms with Crippen molar-refractivity contribution in [3.63, 3.8) is 0 Å². The third-order valence-electron chi connectivity index (χ3n) is 7.45. The van der Waals surface area contributed by atoms with E-state index < -0.39 is 0 Å². The van der Waals surface area contributed by atoms with Gasteiger partial charge in [-0.1, -0.05) is 13.8 Å². The van der Waals surface area contributed by atoms with Crippen molar-refractivity contribution < 1.29 is 14.3 Å². The van der Waals surface area contributed by atoms with Gasteiger partial charge in [0.25, 0.3) is 0 Å². The zero-order chi connectivity index (χ0) is 22.0. The standard InChI is InChI=1S/C25H39N3O3/c1-17(2)25(9-5-21(14-25)27-20-7-11-30-12-8-20)24(29)28-10-6-23-19(16-28)13-22(15-26-23)31-18(3)4/h13,15,17-18,20-21,27H,5-12,14,16H2,1-4H3/t21-,25+/m1/s1. The average molecular weight is 430 g/mol. The quantitative estimate of drug-likeness (QED) is 0.747. The van der Waals surface area contributed by atoms with Gasteiger partial charge in [0.1, 0.15) is 5.75 Å². The van der Waals surface area contributed by atoms with Gasteiger partial charge in [-0.05, 0) is 63.5 Å². The highest BCUT2D eigenvalue weighted by Gasteiger charge is 2.49. The molecule has 3 aliphatic rings. The Bertz CT molecular complexity index is 775. The number of carbonyl (C=O) groups excluding carboxylic acids is 1. The van der Waals surface area contributed by atoms with E-state index in [9.17, 15) is 4.79 Å². The summed E-state index contributed by atoms with van der Waals surface area (Å²) in [4.78, 5) is 20.6. The van der Waals surface area contributed by atoms with Crippen LogP contribution in [0.3, 0.4) is 0 Å². The lowest BCUT2D eigenvalue weighted by atomic mass is 9.74. The Labute approximate surface area is 187 Å². The van der Waals surface area contributed by atoms with Gasteiger partial charge < -0.3 is 19.7 Å². The van der Waals surface area contributed by atoms with E-state index in [2.05, 4.69) is 35.1 Å². The predicted molar refractivity (Wildman–Crippen MR) is 121 cm³/mol. The number of amides is 1. The minimum atomic E-state index is -0.264. The van der Waals surface area contributed by atoms with E-state index in [-0.39, 0.29) is 11.5 Å².